The van der Waals surface area contributed by atoms with E-state index in [1.54, 1.807) is 0 Å². The maximum Gasteiger partial charge on any atom is 0.306 e. The fourth-order valence-corrected chi connectivity index (χ4v) is 9.11. The van der Waals surface area contributed by atoms with Gasteiger partial charge in [-0.2, -0.15) is 0 Å². The second-order valence-electron chi connectivity index (χ2n) is 12.7. The van der Waals surface area contributed by atoms with E-state index in [0.29, 0.717) is 31.6 Å². The van der Waals surface area contributed by atoms with E-state index in [0.717, 1.165) is 32.1 Å². The quantitative estimate of drug-likeness (QED) is 0.543. The minimum Gasteiger partial charge on any atom is -0.458 e. The van der Waals surface area contributed by atoms with Crippen molar-refractivity contribution in [3.8, 4) is 0 Å². The Morgan fingerprint density at radius 2 is 1.83 bits per heavy atom. The van der Waals surface area contributed by atoms with Crippen molar-refractivity contribution in [3.63, 3.8) is 0 Å². The molecule has 4 fully saturated rings. The lowest BCUT2D eigenvalue weighted by atomic mass is 9.45. The lowest BCUT2D eigenvalue weighted by Crippen LogP contribution is -2.62. The van der Waals surface area contributed by atoms with Gasteiger partial charge in [-0.05, 0) is 80.1 Å². The van der Waals surface area contributed by atoms with Crippen molar-refractivity contribution in [2.24, 2.45) is 34.5 Å². The van der Waals surface area contributed by atoms with Crippen LogP contribution in [-0.2, 0) is 19.1 Å². The number of ether oxygens (including phenoxy) is 1. The van der Waals surface area contributed by atoms with Crippen molar-refractivity contribution in [2.45, 2.75) is 109 Å². The smallest absolute Gasteiger partial charge is 0.306 e. The molecule has 0 saturated heterocycles. The van der Waals surface area contributed by atoms with E-state index in [-0.39, 0.29) is 41.5 Å². The Morgan fingerprint density at radius 1 is 1.09 bits per heavy atom. The van der Waals surface area contributed by atoms with Gasteiger partial charge < -0.3 is 14.9 Å². The Hall–Kier alpha value is -1.53. The van der Waals surface area contributed by atoms with E-state index in [4.69, 9.17) is 4.74 Å². The van der Waals surface area contributed by atoms with Gasteiger partial charge in [-0.1, -0.05) is 45.1 Å². The van der Waals surface area contributed by atoms with Crippen molar-refractivity contribution < 1.29 is 29.3 Å². The molecule has 0 bridgehead atoms. The van der Waals surface area contributed by atoms with Crippen LogP contribution in [0.4, 0.5) is 0 Å². The average Bonchev–Trinajstić information content (AvgIpc) is 3.43. The predicted molar refractivity (Wildman–Crippen MR) is 130 cm³/mol. The molecule has 5 aliphatic carbocycles. The normalized spacial score (nSPS) is 43.2. The molecule has 6 nitrogen and oxygen atoms in total. The van der Waals surface area contributed by atoms with E-state index in [9.17, 15) is 24.6 Å². The topological polar surface area (TPSA) is 101 Å². The summed E-state index contributed by atoms with van der Waals surface area (Å²) >= 11 is 0. The number of Topliss-reactive ketones (excluding diaryl/α,β-unsaturated/α-hetero) is 1. The van der Waals surface area contributed by atoms with Crippen LogP contribution in [0.1, 0.15) is 97.3 Å². The van der Waals surface area contributed by atoms with Crippen LogP contribution < -0.4 is 0 Å². The summed E-state index contributed by atoms with van der Waals surface area (Å²) in [6, 6.07) is 0. The van der Waals surface area contributed by atoms with Crippen molar-refractivity contribution in [1.82, 2.24) is 0 Å². The molecule has 2 N–H and O–H groups in total. The SMILES string of the molecule is C[C@]12CCC(=O)C=C1CC[C@@H]1[C@@H]2[C@H](O)C[C@@]2(C)[C@H]1CC[C@]2(O)C(=O)COC(=O)CCC1CCCC1. The number of hydrogen-bond acceptors (Lipinski definition) is 6. The summed E-state index contributed by atoms with van der Waals surface area (Å²) < 4.78 is 5.35. The molecule has 5 aliphatic rings. The van der Waals surface area contributed by atoms with Crippen molar-refractivity contribution >= 4 is 17.5 Å². The Morgan fingerprint density at radius 3 is 2.57 bits per heavy atom. The van der Waals surface area contributed by atoms with Crippen LogP contribution in [0.25, 0.3) is 0 Å². The monoisotopic (exact) mass is 486 g/mol. The van der Waals surface area contributed by atoms with Crippen molar-refractivity contribution in [1.29, 1.82) is 0 Å². The highest BCUT2D eigenvalue weighted by atomic mass is 16.5. The summed E-state index contributed by atoms with van der Waals surface area (Å²) in [4.78, 5) is 37.7. The molecule has 194 valence electrons. The molecule has 0 spiro atoms. The molecule has 0 aromatic rings. The lowest BCUT2D eigenvalue weighted by molar-refractivity contribution is -0.184. The molecule has 35 heavy (non-hydrogen) atoms. The van der Waals surface area contributed by atoms with E-state index >= 15 is 0 Å². The molecular formula is C29H42O6. The number of rotatable bonds is 6. The number of aliphatic hydroxyl groups excluding tert-OH is 1. The first kappa shape index (κ1) is 25.1. The molecule has 5 rings (SSSR count). The third-order valence-corrected chi connectivity index (χ3v) is 11.1. The zero-order chi connectivity index (χ0) is 25.0. The minimum absolute atomic E-state index is 0.0412. The van der Waals surface area contributed by atoms with Gasteiger partial charge in [0.25, 0.3) is 0 Å². The number of carbonyl (C=O) groups excluding carboxylic acids is 3. The summed E-state index contributed by atoms with van der Waals surface area (Å²) in [6.45, 7) is 3.77. The van der Waals surface area contributed by atoms with Crippen LogP contribution in [0.5, 0.6) is 0 Å². The van der Waals surface area contributed by atoms with Gasteiger partial charge in [0.1, 0.15) is 5.60 Å². The predicted octanol–water partition coefficient (Wildman–Crippen LogP) is 4.30. The molecule has 0 unspecified atom stereocenters. The number of hydrogen-bond donors (Lipinski definition) is 2. The largest absolute Gasteiger partial charge is 0.458 e. The Kier molecular flexibility index (Phi) is 6.53. The molecule has 0 amide bonds. The summed E-state index contributed by atoms with van der Waals surface area (Å²) in [5, 5.41) is 23.2. The molecule has 0 heterocycles. The third kappa shape index (κ3) is 4.03. The maximum absolute atomic E-state index is 13.3. The highest BCUT2D eigenvalue weighted by molar-refractivity contribution is 5.92. The van der Waals surface area contributed by atoms with Gasteiger partial charge in [0.2, 0.25) is 5.78 Å². The van der Waals surface area contributed by atoms with Crippen LogP contribution in [0.15, 0.2) is 11.6 Å². The molecule has 6 heteroatoms. The van der Waals surface area contributed by atoms with Crippen molar-refractivity contribution in [3.05, 3.63) is 11.6 Å². The first-order valence-electron chi connectivity index (χ1n) is 13.9. The van der Waals surface area contributed by atoms with Crippen LogP contribution >= 0.6 is 0 Å². The van der Waals surface area contributed by atoms with Gasteiger partial charge in [-0.15, -0.1) is 0 Å². The number of carbonyl (C=O) groups is 3. The average molecular weight is 487 g/mol. The van der Waals surface area contributed by atoms with Crippen LogP contribution in [0.3, 0.4) is 0 Å². The van der Waals surface area contributed by atoms with Crippen molar-refractivity contribution in [2.75, 3.05) is 6.61 Å². The summed E-state index contributed by atoms with van der Waals surface area (Å²) in [5.41, 5.74) is -1.36. The van der Waals surface area contributed by atoms with Gasteiger partial charge in [-0.25, -0.2) is 0 Å². The van der Waals surface area contributed by atoms with Gasteiger partial charge in [0, 0.05) is 18.3 Å². The maximum atomic E-state index is 13.3. The van der Waals surface area contributed by atoms with E-state index in [2.05, 4.69) is 6.92 Å². The summed E-state index contributed by atoms with van der Waals surface area (Å²) in [7, 11) is 0. The highest BCUT2D eigenvalue weighted by Gasteiger charge is 2.68. The molecule has 0 aromatic heterocycles. The number of aliphatic hydroxyl groups is 2. The van der Waals surface area contributed by atoms with E-state index < -0.39 is 22.9 Å². The summed E-state index contributed by atoms with van der Waals surface area (Å²) in [5.74, 6) is 0.360. The zero-order valence-electron chi connectivity index (χ0n) is 21.4. The van der Waals surface area contributed by atoms with Gasteiger partial charge in [0.15, 0.2) is 12.4 Å². The number of allylic oxidation sites excluding steroid dienone is 1. The van der Waals surface area contributed by atoms with E-state index in [1.807, 2.05) is 13.0 Å². The molecule has 4 saturated carbocycles. The lowest BCUT2D eigenvalue weighted by Gasteiger charge is -2.60. The number of fused-ring (bicyclic) bond motifs is 5. The minimum atomic E-state index is -1.59. The molecular weight excluding hydrogens is 444 g/mol. The zero-order valence-corrected chi connectivity index (χ0v) is 21.4. The summed E-state index contributed by atoms with van der Waals surface area (Å²) in [6.07, 6.45) is 11.5. The Labute approximate surface area is 208 Å². The first-order chi connectivity index (χ1) is 16.6. The Bertz CT molecular complexity index is 918. The van der Waals surface area contributed by atoms with Crippen LogP contribution in [0, 0.1) is 34.5 Å². The molecule has 0 aliphatic heterocycles. The standard InChI is InChI=1S/C29H42O6/c1-27-13-11-20(30)15-19(27)8-9-21-22-12-14-29(34,28(22,2)16-23(31)26(21)27)24(32)17-35-25(33)10-7-18-5-3-4-6-18/h15,18,21-23,26,31,34H,3-14,16-17H2,1-2H3/t21-,22-,23+,26+,27-,28-,29-/m0/s1. The van der Waals surface area contributed by atoms with E-state index in [1.165, 1.54) is 31.3 Å². The fourth-order valence-electron chi connectivity index (χ4n) is 9.11. The van der Waals surface area contributed by atoms with Gasteiger partial charge >= 0.3 is 5.97 Å². The fraction of sp³-hybridized carbons (Fsp3) is 0.828. The van der Waals surface area contributed by atoms with Crippen LogP contribution in [0.2, 0.25) is 0 Å². The highest BCUT2D eigenvalue weighted by Crippen LogP contribution is 2.67. The molecule has 7 atom stereocenters. The van der Waals surface area contributed by atoms with Gasteiger partial charge in [-0.3, -0.25) is 14.4 Å². The second kappa shape index (κ2) is 9.09. The van der Waals surface area contributed by atoms with Crippen LogP contribution in [-0.4, -0.2) is 46.1 Å². The number of ketones is 2. The first-order valence-corrected chi connectivity index (χ1v) is 13.9. The van der Waals surface area contributed by atoms with Gasteiger partial charge in [0.05, 0.1) is 6.10 Å². The third-order valence-electron chi connectivity index (χ3n) is 11.1. The second-order valence-corrected chi connectivity index (χ2v) is 12.7. The Balaban J connectivity index is 1.28. The molecule has 0 radical (unpaired) electrons. The number of esters is 1. The molecule has 0 aromatic carbocycles.